The summed E-state index contributed by atoms with van der Waals surface area (Å²) in [6.45, 7) is 4.62. The van der Waals surface area contributed by atoms with Crippen molar-refractivity contribution in [2.75, 3.05) is 19.5 Å². The minimum absolute atomic E-state index is 0.248. The van der Waals surface area contributed by atoms with Crippen LogP contribution in [0.4, 0.5) is 5.00 Å². The van der Waals surface area contributed by atoms with Crippen LogP contribution in [0.1, 0.15) is 34.6 Å². The van der Waals surface area contributed by atoms with Crippen LogP contribution >= 0.6 is 23.1 Å². The number of carbonyl (C=O) groups excluding carboxylic acids is 1. The van der Waals surface area contributed by atoms with Crippen LogP contribution in [0.3, 0.4) is 0 Å². The van der Waals surface area contributed by atoms with E-state index >= 15 is 0 Å². The van der Waals surface area contributed by atoms with E-state index in [0.29, 0.717) is 50.0 Å². The molecule has 10 heteroatoms. The molecule has 0 bridgehead atoms. The number of esters is 1. The Morgan fingerprint density at radius 3 is 2.77 bits per heavy atom. The Morgan fingerprint density at radius 1 is 1.33 bits per heavy atom. The van der Waals surface area contributed by atoms with Gasteiger partial charge in [0.05, 0.1) is 24.8 Å². The first-order valence-corrected chi connectivity index (χ1v) is 11.0. The molecule has 2 heterocycles. The number of nitriles is 1. The number of thiophene rings is 1. The summed E-state index contributed by atoms with van der Waals surface area (Å²) in [6, 6.07) is 9.70. The second-order valence-electron chi connectivity index (χ2n) is 6.02. The van der Waals surface area contributed by atoms with Crippen molar-refractivity contribution in [3.05, 3.63) is 40.3 Å². The fourth-order valence-corrected chi connectivity index (χ4v) is 5.01. The van der Waals surface area contributed by atoms with Crippen LogP contribution in [0.5, 0.6) is 5.75 Å². The summed E-state index contributed by atoms with van der Waals surface area (Å²) in [5.74, 6) is 1.26. The van der Waals surface area contributed by atoms with E-state index in [1.807, 2.05) is 35.8 Å². The predicted octanol–water partition coefficient (Wildman–Crippen LogP) is 3.96. The molecule has 1 aromatic carbocycles. The third-order valence-electron chi connectivity index (χ3n) is 4.33. The second kappa shape index (κ2) is 9.65. The Bertz CT molecular complexity index is 1100. The molecule has 8 nitrogen and oxygen atoms in total. The number of rotatable bonds is 8. The number of thioether (sulfide) groups is 1. The van der Waals surface area contributed by atoms with Crippen LogP contribution in [0.15, 0.2) is 29.4 Å². The van der Waals surface area contributed by atoms with Gasteiger partial charge < -0.3 is 19.8 Å². The van der Waals surface area contributed by atoms with Crippen molar-refractivity contribution < 1.29 is 14.3 Å². The number of aromatic nitrogens is 3. The van der Waals surface area contributed by atoms with Crippen LogP contribution in [0.2, 0.25) is 0 Å². The van der Waals surface area contributed by atoms with Gasteiger partial charge in [0, 0.05) is 17.9 Å². The van der Waals surface area contributed by atoms with E-state index < -0.39 is 5.97 Å². The lowest BCUT2D eigenvalue weighted by Gasteiger charge is -2.10. The van der Waals surface area contributed by atoms with Gasteiger partial charge in [0.25, 0.3) is 0 Å². The van der Waals surface area contributed by atoms with Crippen LogP contribution in [-0.2, 0) is 17.0 Å². The first kappa shape index (κ1) is 21.7. The molecule has 0 amide bonds. The van der Waals surface area contributed by atoms with Gasteiger partial charge in [0.2, 0.25) is 0 Å². The van der Waals surface area contributed by atoms with Gasteiger partial charge in [-0.3, -0.25) is 0 Å². The highest BCUT2D eigenvalue weighted by Gasteiger charge is 2.24. The Labute approximate surface area is 182 Å². The molecular formula is C20H21N5O3S2. The first-order chi connectivity index (χ1) is 14.5. The molecule has 0 saturated carbocycles. The van der Waals surface area contributed by atoms with E-state index in [2.05, 4.69) is 16.3 Å². The number of para-hydroxylation sites is 1. The van der Waals surface area contributed by atoms with E-state index in [0.717, 1.165) is 16.9 Å². The first-order valence-electron chi connectivity index (χ1n) is 9.23. The monoisotopic (exact) mass is 443 g/mol. The van der Waals surface area contributed by atoms with Crippen LogP contribution < -0.4 is 10.5 Å². The van der Waals surface area contributed by atoms with E-state index in [4.69, 9.17) is 15.2 Å². The number of hydrogen-bond acceptors (Lipinski definition) is 9. The molecule has 0 saturated heterocycles. The van der Waals surface area contributed by atoms with Crippen LogP contribution in [0, 0.1) is 11.3 Å². The van der Waals surface area contributed by atoms with Crippen molar-refractivity contribution in [3.8, 4) is 23.2 Å². The summed E-state index contributed by atoms with van der Waals surface area (Å²) in [6.07, 6.45) is 0. The van der Waals surface area contributed by atoms with Crippen LogP contribution in [-0.4, -0.2) is 34.5 Å². The van der Waals surface area contributed by atoms with Crippen molar-refractivity contribution in [2.45, 2.75) is 31.3 Å². The smallest absolute Gasteiger partial charge is 0.348 e. The van der Waals surface area contributed by atoms with E-state index in [9.17, 15) is 10.1 Å². The molecular weight excluding hydrogens is 422 g/mol. The highest BCUT2D eigenvalue weighted by atomic mass is 32.2. The number of anilines is 1. The number of benzene rings is 1. The maximum absolute atomic E-state index is 12.3. The lowest BCUT2D eigenvalue weighted by Crippen LogP contribution is -2.06. The summed E-state index contributed by atoms with van der Waals surface area (Å²) < 4.78 is 12.5. The van der Waals surface area contributed by atoms with Gasteiger partial charge in [-0.1, -0.05) is 23.9 Å². The number of nitrogens with zero attached hydrogens (tertiary/aromatic N) is 4. The summed E-state index contributed by atoms with van der Waals surface area (Å²) >= 11 is 2.46. The topological polar surface area (TPSA) is 116 Å². The number of carbonyl (C=O) groups is 1. The second-order valence-corrected chi connectivity index (χ2v) is 8.02. The largest absolute Gasteiger partial charge is 0.496 e. The highest BCUT2D eigenvalue weighted by Crippen LogP contribution is 2.36. The van der Waals surface area contributed by atoms with E-state index in [1.165, 1.54) is 11.8 Å². The summed E-state index contributed by atoms with van der Waals surface area (Å²) in [7, 11) is 1.61. The standard InChI is InChI=1S/C20H21N5O3S2/c1-4-25-18(12-8-6-7-9-15(12)27-3)23-24-20(25)29-11-14-13(10-21)17(22)30-16(14)19(26)28-5-2/h6-9H,4-5,11,22H2,1-3H3. The van der Waals surface area contributed by atoms with Crippen molar-refractivity contribution in [1.29, 1.82) is 5.26 Å². The van der Waals surface area contributed by atoms with Crippen molar-refractivity contribution >= 4 is 34.1 Å². The Hall–Kier alpha value is -3.03. The average Bonchev–Trinajstić information content (AvgIpc) is 3.31. The quantitative estimate of drug-likeness (QED) is 0.411. The molecule has 0 radical (unpaired) electrons. The van der Waals surface area contributed by atoms with Gasteiger partial charge in [-0.2, -0.15) is 5.26 Å². The SMILES string of the molecule is CCOC(=O)c1sc(N)c(C#N)c1CSc1nnc(-c2ccccc2OC)n1CC. The number of hydrogen-bond donors (Lipinski definition) is 1. The zero-order valence-corrected chi connectivity index (χ0v) is 18.5. The zero-order valence-electron chi connectivity index (χ0n) is 16.8. The van der Waals surface area contributed by atoms with Gasteiger partial charge in [0.1, 0.15) is 21.7 Å². The molecule has 30 heavy (non-hydrogen) atoms. The fraction of sp³-hybridized carbons (Fsp3) is 0.300. The van der Waals surface area contributed by atoms with E-state index in [1.54, 1.807) is 14.0 Å². The van der Waals surface area contributed by atoms with Gasteiger partial charge >= 0.3 is 5.97 Å². The normalized spacial score (nSPS) is 10.6. The summed E-state index contributed by atoms with van der Waals surface area (Å²) in [4.78, 5) is 12.7. The third kappa shape index (κ3) is 4.13. The van der Waals surface area contributed by atoms with Gasteiger partial charge in [-0.25, -0.2) is 4.79 Å². The van der Waals surface area contributed by atoms with Gasteiger partial charge in [0.15, 0.2) is 11.0 Å². The maximum Gasteiger partial charge on any atom is 0.348 e. The lowest BCUT2D eigenvalue weighted by molar-refractivity contribution is 0.0531. The van der Waals surface area contributed by atoms with Gasteiger partial charge in [-0.05, 0) is 26.0 Å². The van der Waals surface area contributed by atoms with E-state index in [-0.39, 0.29) is 6.61 Å². The molecule has 2 N–H and O–H groups in total. The molecule has 0 aliphatic carbocycles. The summed E-state index contributed by atoms with van der Waals surface area (Å²) in [5.41, 5.74) is 7.67. The highest BCUT2D eigenvalue weighted by molar-refractivity contribution is 7.98. The lowest BCUT2D eigenvalue weighted by atomic mass is 10.2. The molecule has 0 unspecified atom stereocenters. The molecule has 0 fully saturated rings. The molecule has 0 spiro atoms. The molecule has 0 aliphatic rings. The minimum Gasteiger partial charge on any atom is -0.496 e. The molecule has 3 rings (SSSR count). The summed E-state index contributed by atoms with van der Waals surface area (Å²) in [5, 5.41) is 19.1. The van der Waals surface area contributed by atoms with Crippen molar-refractivity contribution in [1.82, 2.24) is 14.8 Å². The number of nitrogen functional groups attached to an aromatic ring is 1. The Balaban J connectivity index is 1.93. The predicted molar refractivity (Wildman–Crippen MR) is 117 cm³/mol. The van der Waals surface area contributed by atoms with Crippen molar-refractivity contribution in [2.24, 2.45) is 0 Å². The number of nitrogens with two attached hydrogens (primary N) is 1. The molecule has 3 aromatic rings. The third-order valence-corrected chi connectivity index (χ3v) is 6.37. The number of ether oxygens (including phenoxy) is 2. The van der Waals surface area contributed by atoms with Crippen LogP contribution in [0.25, 0.3) is 11.4 Å². The average molecular weight is 444 g/mol. The molecule has 0 aliphatic heterocycles. The Kier molecular flexibility index (Phi) is 6.97. The fourth-order valence-electron chi connectivity index (χ4n) is 2.95. The molecule has 2 aromatic heterocycles. The molecule has 0 atom stereocenters. The maximum atomic E-state index is 12.3. The number of methoxy groups -OCH3 is 1. The molecule has 156 valence electrons. The van der Waals surface area contributed by atoms with Crippen molar-refractivity contribution in [3.63, 3.8) is 0 Å². The Morgan fingerprint density at radius 2 is 2.10 bits per heavy atom. The zero-order chi connectivity index (χ0) is 21.7. The van der Waals surface area contributed by atoms with Gasteiger partial charge in [-0.15, -0.1) is 21.5 Å². The minimum atomic E-state index is -0.474.